The molecule has 0 spiro atoms. The summed E-state index contributed by atoms with van der Waals surface area (Å²) < 4.78 is 5.29. The van der Waals surface area contributed by atoms with Crippen LogP contribution in [0.5, 0.6) is 0 Å². The molecule has 0 amide bonds. The molecule has 0 heterocycles. The molecule has 0 bridgehead atoms. The molecule has 0 aromatic heterocycles. The molecule has 2 saturated carbocycles. The normalized spacial score (nSPS) is 25.5. The van der Waals surface area contributed by atoms with Crippen molar-refractivity contribution in [3.8, 4) is 0 Å². The van der Waals surface area contributed by atoms with E-state index in [9.17, 15) is 9.90 Å². The number of aliphatic hydroxyl groups excluding tert-OH is 1. The van der Waals surface area contributed by atoms with Gasteiger partial charge in [-0.3, -0.25) is 0 Å². The number of benzene rings is 1. The van der Waals surface area contributed by atoms with E-state index in [1.54, 1.807) is 6.92 Å². The van der Waals surface area contributed by atoms with E-state index in [0.717, 1.165) is 28.9 Å². The highest BCUT2D eigenvalue weighted by atomic mass is 16.5. The first kappa shape index (κ1) is 26.0. The predicted octanol–water partition coefficient (Wildman–Crippen LogP) is 7.50. The number of ether oxygens (including phenoxy) is 1. The SMILES string of the molecule is C=C(C)C(=O)OCCc1cc(C2CCC(C3CCC(CCCCC)CC3)CC2)ccc1CO. The van der Waals surface area contributed by atoms with Gasteiger partial charge in [0.1, 0.15) is 0 Å². The lowest BCUT2D eigenvalue weighted by Crippen LogP contribution is -2.25. The van der Waals surface area contributed by atoms with Crippen LogP contribution in [0.25, 0.3) is 0 Å². The van der Waals surface area contributed by atoms with Crippen molar-refractivity contribution >= 4 is 5.97 Å². The molecule has 0 unspecified atom stereocenters. The lowest BCUT2D eigenvalue weighted by atomic mass is 9.68. The minimum absolute atomic E-state index is 0.0257. The van der Waals surface area contributed by atoms with Crippen LogP contribution < -0.4 is 0 Å². The van der Waals surface area contributed by atoms with Gasteiger partial charge in [0.15, 0.2) is 0 Å². The summed E-state index contributed by atoms with van der Waals surface area (Å²) in [4.78, 5) is 11.7. The fourth-order valence-electron chi connectivity index (χ4n) is 6.22. The highest BCUT2D eigenvalue weighted by Crippen LogP contribution is 2.44. The second-order valence-corrected chi connectivity index (χ2v) is 10.7. The zero-order chi connectivity index (χ0) is 23.6. The average molecular weight is 455 g/mol. The predicted molar refractivity (Wildman–Crippen MR) is 136 cm³/mol. The maximum absolute atomic E-state index is 11.7. The number of hydrogen-bond acceptors (Lipinski definition) is 3. The van der Waals surface area contributed by atoms with Crippen LogP contribution in [0, 0.1) is 17.8 Å². The molecule has 1 aromatic carbocycles. The zero-order valence-electron chi connectivity index (χ0n) is 21.1. The molecule has 0 saturated heterocycles. The van der Waals surface area contributed by atoms with Crippen LogP contribution in [0.2, 0.25) is 0 Å². The van der Waals surface area contributed by atoms with Crippen LogP contribution in [-0.4, -0.2) is 17.7 Å². The molecule has 3 heteroatoms. The van der Waals surface area contributed by atoms with Crippen molar-refractivity contribution < 1.29 is 14.6 Å². The fourth-order valence-corrected chi connectivity index (χ4v) is 6.22. The first-order chi connectivity index (χ1) is 16.0. The van der Waals surface area contributed by atoms with E-state index in [4.69, 9.17) is 4.74 Å². The minimum Gasteiger partial charge on any atom is -0.462 e. The van der Waals surface area contributed by atoms with E-state index in [-0.39, 0.29) is 12.6 Å². The van der Waals surface area contributed by atoms with Gasteiger partial charge < -0.3 is 9.84 Å². The quantitative estimate of drug-likeness (QED) is 0.214. The Bertz CT molecular complexity index is 752. The Balaban J connectivity index is 1.48. The smallest absolute Gasteiger partial charge is 0.333 e. The summed E-state index contributed by atoms with van der Waals surface area (Å²) in [6.07, 6.45) is 17.4. The largest absolute Gasteiger partial charge is 0.462 e. The Hall–Kier alpha value is -1.61. The molecule has 2 aliphatic carbocycles. The Labute approximate surface area is 202 Å². The van der Waals surface area contributed by atoms with E-state index in [2.05, 4.69) is 31.7 Å². The third kappa shape index (κ3) is 7.70. The van der Waals surface area contributed by atoms with Gasteiger partial charge in [0.05, 0.1) is 13.2 Å². The van der Waals surface area contributed by atoms with Crippen LogP contribution in [0.3, 0.4) is 0 Å². The Morgan fingerprint density at radius 3 is 2.27 bits per heavy atom. The summed E-state index contributed by atoms with van der Waals surface area (Å²) >= 11 is 0. The van der Waals surface area contributed by atoms with Crippen molar-refractivity contribution in [2.24, 2.45) is 17.8 Å². The first-order valence-corrected chi connectivity index (χ1v) is 13.6. The summed E-state index contributed by atoms with van der Waals surface area (Å²) in [6.45, 7) is 7.96. The molecule has 0 atom stereocenters. The van der Waals surface area contributed by atoms with Crippen molar-refractivity contribution in [2.75, 3.05) is 6.61 Å². The van der Waals surface area contributed by atoms with Crippen molar-refractivity contribution in [1.29, 1.82) is 0 Å². The molecule has 2 fully saturated rings. The molecule has 0 radical (unpaired) electrons. The van der Waals surface area contributed by atoms with Crippen molar-refractivity contribution in [3.05, 3.63) is 47.0 Å². The first-order valence-electron chi connectivity index (χ1n) is 13.6. The van der Waals surface area contributed by atoms with Gasteiger partial charge in [-0.05, 0) is 85.8 Å². The van der Waals surface area contributed by atoms with Gasteiger partial charge in [-0.1, -0.05) is 70.2 Å². The van der Waals surface area contributed by atoms with E-state index in [1.165, 1.54) is 82.6 Å². The topological polar surface area (TPSA) is 46.5 Å². The van der Waals surface area contributed by atoms with E-state index in [0.29, 0.717) is 24.5 Å². The van der Waals surface area contributed by atoms with Crippen molar-refractivity contribution in [1.82, 2.24) is 0 Å². The number of aliphatic hydroxyl groups is 1. The second kappa shape index (κ2) is 13.3. The molecule has 0 aliphatic heterocycles. The number of carbonyl (C=O) groups is 1. The number of unbranched alkanes of at least 4 members (excludes halogenated alkanes) is 2. The fraction of sp³-hybridized carbons (Fsp3) is 0.700. The van der Waals surface area contributed by atoms with Crippen LogP contribution >= 0.6 is 0 Å². The molecule has 33 heavy (non-hydrogen) atoms. The summed E-state index contributed by atoms with van der Waals surface area (Å²) in [6, 6.07) is 6.53. The molecular formula is C30H46O3. The number of rotatable bonds is 11. The monoisotopic (exact) mass is 454 g/mol. The maximum atomic E-state index is 11.7. The average Bonchev–Trinajstić information content (AvgIpc) is 2.84. The molecule has 1 N–H and O–H groups in total. The van der Waals surface area contributed by atoms with Gasteiger partial charge in [0, 0.05) is 12.0 Å². The molecule has 1 aromatic rings. The lowest BCUT2D eigenvalue weighted by molar-refractivity contribution is -0.138. The van der Waals surface area contributed by atoms with Crippen LogP contribution in [-0.2, 0) is 22.6 Å². The van der Waals surface area contributed by atoms with Gasteiger partial charge >= 0.3 is 5.97 Å². The summed E-state index contributed by atoms with van der Waals surface area (Å²) in [5.41, 5.74) is 3.86. The minimum atomic E-state index is -0.343. The molecule has 3 nitrogen and oxygen atoms in total. The zero-order valence-corrected chi connectivity index (χ0v) is 21.1. The number of esters is 1. The van der Waals surface area contributed by atoms with Crippen LogP contribution in [0.4, 0.5) is 0 Å². The number of carbonyl (C=O) groups excluding carboxylic acids is 1. The molecular weight excluding hydrogens is 408 g/mol. The molecule has 3 rings (SSSR count). The van der Waals surface area contributed by atoms with Crippen molar-refractivity contribution in [2.45, 2.75) is 110 Å². The van der Waals surface area contributed by atoms with Gasteiger partial charge in [0.25, 0.3) is 0 Å². The maximum Gasteiger partial charge on any atom is 0.333 e. The lowest BCUT2D eigenvalue weighted by Gasteiger charge is -2.38. The van der Waals surface area contributed by atoms with Crippen LogP contribution in [0.15, 0.2) is 30.4 Å². The number of hydrogen-bond donors (Lipinski definition) is 1. The highest BCUT2D eigenvalue weighted by Gasteiger charge is 2.31. The van der Waals surface area contributed by atoms with E-state index < -0.39 is 0 Å². The standard InChI is InChI=1S/C30H46O3/c1-4-5-6-7-23-8-10-24(11-9-23)25-12-14-26(15-13-25)27-16-17-29(21-31)28(20-27)18-19-33-30(32)22(2)3/h16-17,20,23-26,31H,2,4-15,18-19,21H2,1,3H3. The van der Waals surface area contributed by atoms with Crippen molar-refractivity contribution in [3.63, 3.8) is 0 Å². The highest BCUT2D eigenvalue weighted by molar-refractivity contribution is 5.86. The van der Waals surface area contributed by atoms with Crippen LogP contribution in [0.1, 0.15) is 114 Å². The van der Waals surface area contributed by atoms with Gasteiger partial charge in [-0.15, -0.1) is 0 Å². The Morgan fingerprint density at radius 2 is 1.67 bits per heavy atom. The van der Waals surface area contributed by atoms with E-state index >= 15 is 0 Å². The molecule has 2 aliphatic rings. The van der Waals surface area contributed by atoms with Gasteiger partial charge in [0.2, 0.25) is 0 Å². The third-order valence-electron chi connectivity index (χ3n) is 8.37. The van der Waals surface area contributed by atoms with Gasteiger partial charge in [-0.25, -0.2) is 4.79 Å². The Morgan fingerprint density at radius 1 is 1.00 bits per heavy atom. The summed E-state index contributed by atoms with van der Waals surface area (Å²) in [5, 5.41) is 9.75. The van der Waals surface area contributed by atoms with Gasteiger partial charge in [-0.2, -0.15) is 0 Å². The molecule has 184 valence electrons. The second-order valence-electron chi connectivity index (χ2n) is 10.7. The van der Waals surface area contributed by atoms with E-state index in [1.807, 2.05) is 0 Å². The third-order valence-corrected chi connectivity index (χ3v) is 8.37. The Kier molecular flexibility index (Phi) is 10.5. The summed E-state index contributed by atoms with van der Waals surface area (Å²) in [7, 11) is 0. The summed E-state index contributed by atoms with van der Waals surface area (Å²) in [5.74, 6) is 3.17.